The molecule has 4 rings (SSSR count). The van der Waals surface area contributed by atoms with Gasteiger partial charge in [0, 0.05) is 26.2 Å². The third-order valence-electron chi connectivity index (χ3n) is 5.38. The Morgan fingerprint density at radius 2 is 1.73 bits per heavy atom. The van der Waals surface area contributed by atoms with Crippen LogP contribution < -0.4 is 5.56 Å². The molecule has 1 unspecified atom stereocenters. The third-order valence-corrected chi connectivity index (χ3v) is 8.25. The number of hydrogen-bond acceptors (Lipinski definition) is 5. The number of nitrogens with zero attached hydrogens (tertiary/aromatic N) is 3. The molecule has 30 heavy (non-hydrogen) atoms. The topological polar surface area (TPSA) is 86.4 Å². The summed E-state index contributed by atoms with van der Waals surface area (Å²) in [5.41, 5.74) is 0.458. The first-order valence-electron chi connectivity index (χ1n) is 9.46. The Morgan fingerprint density at radius 3 is 2.47 bits per heavy atom. The maximum absolute atomic E-state index is 13.0. The molecule has 2 heterocycles. The monoisotopic (exact) mass is 466 g/mol. The Morgan fingerprint density at radius 1 is 1.03 bits per heavy atom. The average Bonchev–Trinajstić information content (AvgIpc) is 2.75. The SMILES string of the molecule is CC(c1nc2ccccc2c(=O)[nH]1)N1CCN(S(=O)(=O)c2cccc(Cl)c2Cl)CC1. The molecule has 1 saturated heterocycles. The summed E-state index contributed by atoms with van der Waals surface area (Å²) in [7, 11) is -3.75. The van der Waals surface area contributed by atoms with E-state index in [0.717, 1.165) is 0 Å². The lowest BCUT2D eigenvalue weighted by atomic mass is 10.2. The molecule has 1 aliphatic rings. The molecule has 0 bridgehead atoms. The van der Waals surface area contributed by atoms with Gasteiger partial charge in [-0.1, -0.05) is 41.4 Å². The summed E-state index contributed by atoms with van der Waals surface area (Å²) in [6.45, 7) is 3.54. The number of H-pyrrole nitrogens is 1. The Bertz CT molecular complexity index is 1250. The second-order valence-corrected chi connectivity index (χ2v) is 9.83. The summed E-state index contributed by atoms with van der Waals surface area (Å²) >= 11 is 12.1. The van der Waals surface area contributed by atoms with Crippen LogP contribution in [-0.4, -0.2) is 53.8 Å². The molecule has 1 atom stereocenters. The maximum Gasteiger partial charge on any atom is 0.258 e. The van der Waals surface area contributed by atoms with Crippen molar-refractivity contribution in [2.75, 3.05) is 26.2 Å². The number of fused-ring (bicyclic) bond motifs is 1. The highest BCUT2D eigenvalue weighted by atomic mass is 35.5. The van der Waals surface area contributed by atoms with Gasteiger partial charge in [0.05, 0.1) is 27.0 Å². The summed E-state index contributed by atoms with van der Waals surface area (Å²) in [6.07, 6.45) is 0. The zero-order chi connectivity index (χ0) is 21.5. The van der Waals surface area contributed by atoms with Gasteiger partial charge in [-0.3, -0.25) is 9.69 Å². The van der Waals surface area contributed by atoms with Crippen molar-refractivity contribution >= 4 is 44.1 Å². The predicted molar refractivity (Wildman–Crippen MR) is 118 cm³/mol. The van der Waals surface area contributed by atoms with Gasteiger partial charge in [0.25, 0.3) is 5.56 Å². The quantitative estimate of drug-likeness (QED) is 0.637. The average molecular weight is 467 g/mol. The van der Waals surface area contributed by atoms with Crippen molar-refractivity contribution in [3.63, 3.8) is 0 Å². The van der Waals surface area contributed by atoms with Crippen molar-refractivity contribution in [2.45, 2.75) is 17.9 Å². The van der Waals surface area contributed by atoms with Crippen LogP contribution in [0, 0.1) is 0 Å². The smallest absolute Gasteiger partial charge is 0.258 e. The van der Waals surface area contributed by atoms with Crippen LogP contribution in [0.15, 0.2) is 52.2 Å². The number of nitrogens with one attached hydrogen (secondary N) is 1. The summed E-state index contributed by atoms with van der Waals surface area (Å²) in [6, 6.07) is 11.6. The Labute approximate surface area is 184 Å². The van der Waals surface area contributed by atoms with E-state index in [2.05, 4.69) is 14.9 Å². The number of benzene rings is 2. The molecule has 3 aromatic rings. The summed E-state index contributed by atoms with van der Waals surface area (Å²) in [4.78, 5) is 21.9. The lowest BCUT2D eigenvalue weighted by Gasteiger charge is -2.37. The number of aromatic amines is 1. The number of piperazine rings is 1. The van der Waals surface area contributed by atoms with Gasteiger partial charge in [0.1, 0.15) is 10.7 Å². The van der Waals surface area contributed by atoms with Crippen LogP contribution in [0.4, 0.5) is 0 Å². The molecule has 1 N–H and O–H groups in total. The Kier molecular flexibility index (Phi) is 5.87. The molecule has 0 radical (unpaired) electrons. The second kappa shape index (κ2) is 8.28. The first kappa shape index (κ1) is 21.3. The fourth-order valence-corrected chi connectivity index (χ4v) is 5.79. The number of hydrogen-bond donors (Lipinski definition) is 1. The molecule has 1 aliphatic heterocycles. The first-order chi connectivity index (χ1) is 14.3. The van der Waals surface area contributed by atoms with Gasteiger partial charge in [-0.2, -0.15) is 4.31 Å². The third kappa shape index (κ3) is 3.86. The van der Waals surface area contributed by atoms with E-state index in [1.165, 1.54) is 10.4 Å². The van der Waals surface area contributed by atoms with E-state index < -0.39 is 10.0 Å². The van der Waals surface area contributed by atoms with Crippen LogP contribution in [0.25, 0.3) is 10.9 Å². The van der Waals surface area contributed by atoms with Gasteiger partial charge in [-0.05, 0) is 31.2 Å². The van der Waals surface area contributed by atoms with Gasteiger partial charge in [0.2, 0.25) is 10.0 Å². The van der Waals surface area contributed by atoms with E-state index in [4.69, 9.17) is 23.2 Å². The standard InChI is InChI=1S/C20H20Cl2N4O3S/c1-13(19-23-16-7-3-2-5-14(16)20(27)24-19)25-9-11-26(12-10-25)30(28,29)17-8-4-6-15(21)18(17)22/h2-8,13H,9-12H2,1H3,(H,23,24,27). The fourth-order valence-electron chi connectivity index (χ4n) is 3.63. The summed E-state index contributed by atoms with van der Waals surface area (Å²) in [5.74, 6) is 0.563. The van der Waals surface area contributed by atoms with E-state index in [0.29, 0.717) is 42.9 Å². The first-order valence-corrected chi connectivity index (χ1v) is 11.7. The van der Waals surface area contributed by atoms with Crippen LogP contribution >= 0.6 is 23.2 Å². The molecule has 2 aromatic carbocycles. The minimum Gasteiger partial charge on any atom is -0.309 e. The zero-order valence-corrected chi connectivity index (χ0v) is 18.5. The summed E-state index contributed by atoms with van der Waals surface area (Å²) in [5, 5.41) is 0.784. The number of para-hydroxylation sites is 1. The van der Waals surface area contributed by atoms with Crippen molar-refractivity contribution in [1.29, 1.82) is 0 Å². The Balaban J connectivity index is 1.52. The molecular formula is C20H20Cl2N4O3S. The number of rotatable bonds is 4. The molecule has 10 heteroatoms. The van der Waals surface area contributed by atoms with Gasteiger partial charge in [-0.25, -0.2) is 13.4 Å². The van der Waals surface area contributed by atoms with Crippen molar-refractivity contribution in [3.05, 3.63) is 68.7 Å². The molecule has 0 amide bonds. The molecule has 7 nitrogen and oxygen atoms in total. The number of halogens is 2. The van der Waals surface area contributed by atoms with Crippen LogP contribution in [0.3, 0.4) is 0 Å². The number of sulfonamides is 1. The van der Waals surface area contributed by atoms with Crippen LogP contribution in [0.2, 0.25) is 10.0 Å². The molecule has 1 aromatic heterocycles. The van der Waals surface area contributed by atoms with E-state index in [1.54, 1.807) is 30.3 Å². The zero-order valence-electron chi connectivity index (χ0n) is 16.2. The van der Waals surface area contributed by atoms with Gasteiger partial charge in [0.15, 0.2) is 0 Å². The van der Waals surface area contributed by atoms with Gasteiger partial charge in [-0.15, -0.1) is 0 Å². The molecule has 0 saturated carbocycles. The summed E-state index contributed by atoms with van der Waals surface area (Å²) < 4.78 is 27.4. The molecular weight excluding hydrogens is 447 g/mol. The molecule has 158 valence electrons. The maximum atomic E-state index is 13.0. The normalized spacial score (nSPS) is 17.3. The van der Waals surface area contributed by atoms with Gasteiger partial charge >= 0.3 is 0 Å². The predicted octanol–water partition coefficient (Wildman–Crippen LogP) is 3.30. The fraction of sp³-hybridized carbons (Fsp3) is 0.300. The molecule has 0 spiro atoms. The lowest BCUT2D eigenvalue weighted by Crippen LogP contribution is -2.49. The highest BCUT2D eigenvalue weighted by Crippen LogP contribution is 2.31. The van der Waals surface area contributed by atoms with E-state index in [-0.39, 0.29) is 26.5 Å². The Hall–Kier alpha value is -1.97. The molecule has 1 fully saturated rings. The van der Waals surface area contributed by atoms with Crippen molar-refractivity contribution in [1.82, 2.24) is 19.2 Å². The second-order valence-electron chi connectivity index (χ2n) is 7.14. The largest absolute Gasteiger partial charge is 0.309 e. The highest BCUT2D eigenvalue weighted by Gasteiger charge is 2.32. The minimum atomic E-state index is -3.75. The van der Waals surface area contributed by atoms with E-state index >= 15 is 0 Å². The van der Waals surface area contributed by atoms with Crippen LogP contribution in [0.5, 0.6) is 0 Å². The molecule has 0 aliphatic carbocycles. The van der Waals surface area contributed by atoms with Crippen LogP contribution in [-0.2, 0) is 10.0 Å². The van der Waals surface area contributed by atoms with Crippen molar-refractivity contribution < 1.29 is 8.42 Å². The number of aromatic nitrogens is 2. The van der Waals surface area contributed by atoms with Gasteiger partial charge < -0.3 is 4.98 Å². The van der Waals surface area contributed by atoms with E-state index in [1.807, 2.05) is 13.0 Å². The van der Waals surface area contributed by atoms with Crippen molar-refractivity contribution in [2.24, 2.45) is 0 Å². The minimum absolute atomic E-state index is 0.0127. The van der Waals surface area contributed by atoms with E-state index in [9.17, 15) is 13.2 Å². The lowest BCUT2D eigenvalue weighted by molar-refractivity contribution is 0.141. The van der Waals surface area contributed by atoms with Crippen LogP contribution in [0.1, 0.15) is 18.8 Å². The van der Waals surface area contributed by atoms with Crippen molar-refractivity contribution in [3.8, 4) is 0 Å². The highest BCUT2D eigenvalue weighted by molar-refractivity contribution is 7.89.